The highest BCUT2D eigenvalue weighted by atomic mass is 32.2. The summed E-state index contributed by atoms with van der Waals surface area (Å²) < 4.78 is 23.8. The maximum absolute atomic E-state index is 11.9. The molecule has 3 heterocycles. The first-order valence-corrected chi connectivity index (χ1v) is 8.53. The highest BCUT2D eigenvalue weighted by Gasteiger charge is 2.31. The lowest BCUT2D eigenvalue weighted by molar-refractivity contribution is -0.115. The number of nitrogens with two attached hydrogens (primary N) is 1. The minimum absolute atomic E-state index is 0.110. The lowest BCUT2D eigenvalue weighted by atomic mass is 10.2. The number of fused-ring (bicyclic) bond motifs is 1. The molecule has 8 nitrogen and oxygen atoms in total. The van der Waals surface area contributed by atoms with Crippen LogP contribution in [-0.2, 0) is 34.5 Å². The molecule has 0 unspecified atom stereocenters. The number of anilines is 1. The monoisotopic (exact) mass is 327 g/mol. The van der Waals surface area contributed by atoms with E-state index in [2.05, 4.69) is 15.5 Å². The Kier molecular flexibility index (Phi) is 3.53. The van der Waals surface area contributed by atoms with Crippen molar-refractivity contribution in [3.05, 3.63) is 33.6 Å². The molecule has 0 aromatic carbocycles. The number of carbonyl (C=O) groups is 1. The van der Waals surface area contributed by atoms with Gasteiger partial charge in [0.15, 0.2) is 0 Å². The molecule has 0 atom stereocenters. The van der Waals surface area contributed by atoms with Crippen molar-refractivity contribution in [3.8, 4) is 0 Å². The van der Waals surface area contributed by atoms with Gasteiger partial charge in [-0.05, 0) is 22.4 Å². The molecule has 112 valence electrons. The SMILES string of the molecule is NS(=O)(=O)N1Cc2n[nH]c(NC(=O)Cc3ccsc3)c2C1. The van der Waals surface area contributed by atoms with Gasteiger partial charge in [0.25, 0.3) is 10.2 Å². The Balaban J connectivity index is 1.71. The number of nitrogens with one attached hydrogen (secondary N) is 2. The van der Waals surface area contributed by atoms with Crippen LogP contribution in [0, 0.1) is 0 Å². The molecule has 3 rings (SSSR count). The second-order valence-electron chi connectivity index (χ2n) is 4.69. The topological polar surface area (TPSA) is 121 Å². The van der Waals surface area contributed by atoms with Gasteiger partial charge in [0, 0.05) is 12.1 Å². The number of rotatable bonds is 4. The first kappa shape index (κ1) is 14.2. The third kappa shape index (κ3) is 2.97. The fraction of sp³-hybridized carbons (Fsp3) is 0.273. The number of aromatic nitrogens is 2. The van der Waals surface area contributed by atoms with E-state index in [1.165, 1.54) is 11.3 Å². The smallest absolute Gasteiger partial charge is 0.277 e. The van der Waals surface area contributed by atoms with E-state index >= 15 is 0 Å². The van der Waals surface area contributed by atoms with Crippen LogP contribution in [0.5, 0.6) is 0 Å². The molecule has 21 heavy (non-hydrogen) atoms. The number of carbonyl (C=O) groups excluding carboxylic acids is 1. The van der Waals surface area contributed by atoms with E-state index in [1.807, 2.05) is 16.8 Å². The Bertz CT molecular complexity index is 766. The Hall–Kier alpha value is -1.75. The van der Waals surface area contributed by atoms with Crippen molar-refractivity contribution >= 4 is 33.3 Å². The summed E-state index contributed by atoms with van der Waals surface area (Å²) in [4.78, 5) is 11.9. The molecule has 0 fully saturated rings. The zero-order chi connectivity index (χ0) is 15.0. The van der Waals surface area contributed by atoms with Crippen LogP contribution in [0.15, 0.2) is 16.8 Å². The second-order valence-corrected chi connectivity index (χ2v) is 7.02. The summed E-state index contributed by atoms with van der Waals surface area (Å²) in [5.74, 6) is 0.241. The maximum Gasteiger partial charge on any atom is 0.277 e. The quantitative estimate of drug-likeness (QED) is 0.741. The predicted octanol–water partition coefficient (Wildman–Crippen LogP) is 0.172. The number of amides is 1. The van der Waals surface area contributed by atoms with Gasteiger partial charge in [-0.3, -0.25) is 9.89 Å². The van der Waals surface area contributed by atoms with Gasteiger partial charge in [0.05, 0.1) is 18.7 Å². The molecule has 1 aliphatic rings. The summed E-state index contributed by atoms with van der Waals surface area (Å²) in [6.45, 7) is 0.226. The number of hydrogen-bond donors (Lipinski definition) is 3. The van der Waals surface area contributed by atoms with Crippen molar-refractivity contribution in [2.45, 2.75) is 19.5 Å². The standard InChI is InChI=1S/C11H13N5O3S2/c12-21(18,19)16-4-8-9(5-16)14-15-11(8)13-10(17)3-7-1-2-20-6-7/h1-2,6H,3-5H2,(H2,12,18,19)(H2,13,14,15,17). The van der Waals surface area contributed by atoms with E-state index in [9.17, 15) is 13.2 Å². The molecular formula is C11H13N5O3S2. The van der Waals surface area contributed by atoms with Crippen LogP contribution in [0.25, 0.3) is 0 Å². The third-order valence-corrected chi connectivity index (χ3v) is 4.89. The third-order valence-electron chi connectivity index (χ3n) is 3.18. The van der Waals surface area contributed by atoms with Gasteiger partial charge in [0.1, 0.15) is 5.82 Å². The molecule has 0 spiro atoms. The Morgan fingerprint density at radius 1 is 1.52 bits per heavy atom. The Morgan fingerprint density at radius 2 is 2.33 bits per heavy atom. The first-order valence-electron chi connectivity index (χ1n) is 6.08. The average Bonchev–Trinajstić information content (AvgIpc) is 3.06. The van der Waals surface area contributed by atoms with E-state index in [1.54, 1.807) is 0 Å². The van der Waals surface area contributed by atoms with Crippen molar-refractivity contribution in [3.63, 3.8) is 0 Å². The highest BCUT2D eigenvalue weighted by Crippen LogP contribution is 2.28. The van der Waals surface area contributed by atoms with Crippen molar-refractivity contribution in [1.82, 2.24) is 14.5 Å². The number of H-pyrrole nitrogens is 1. The van der Waals surface area contributed by atoms with Crippen LogP contribution in [0.2, 0.25) is 0 Å². The van der Waals surface area contributed by atoms with Gasteiger partial charge < -0.3 is 5.32 Å². The van der Waals surface area contributed by atoms with E-state index in [0.717, 1.165) is 9.87 Å². The molecule has 1 aliphatic heterocycles. The van der Waals surface area contributed by atoms with Crippen LogP contribution < -0.4 is 10.5 Å². The number of hydrogen-bond acceptors (Lipinski definition) is 5. The molecule has 0 saturated heterocycles. The maximum atomic E-state index is 11.9. The minimum atomic E-state index is -3.76. The van der Waals surface area contributed by atoms with Crippen molar-refractivity contribution in [2.24, 2.45) is 5.14 Å². The van der Waals surface area contributed by atoms with Crippen LogP contribution in [0.3, 0.4) is 0 Å². The molecule has 2 aromatic heterocycles. The summed E-state index contributed by atoms with van der Waals surface area (Å²) in [7, 11) is -3.76. The molecule has 0 bridgehead atoms. The van der Waals surface area contributed by atoms with Gasteiger partial charge in [-0.25, -0.2) is 5.14 Å². The van der Waals surface area contributed by atoms with Crippen molar-refractivity contribution in [1.29, 1.82) is 0 Å². The molecule has 0 radical (unpaired) electrons. The lowest BCUT2D eigenvalue weighted by Crippen LogP contribution is -2.32. The fourth-order valence-electron chi connectivity index (χ4n) is 2.15. The Morgan fingerprint density at radius 3 is 3.00 bits per heavy atom. The zero-order valence-corrected chi connectivity index (χ0v) is 12.5. The van der Waals surface area contributed by atoms with Crippen LogP contribution >= 0.6 is 11.3 Å². The molecular weight excluding hydrogens is 314 g/mol. The molecule has 0 aliphatic carbocycles. The number of aromatic amines is 1. The average molecular weight is 327 g/mol. The first-order chi connectivity index (χ1) is 9.93. The molecule has 0 saturated carbocycles. The fourth-order valence-corrected chi connectivity index (χ4v) is 3.43. The summed E-state index contributed by atoms with van der Waals surface area (Å²) in [6, 6.07) is 1.88. The van der Waals surface area contributed by atoms with Crippen LogP contribution in [0.1, 0.15) is 16.8 Å². The summed E-state index contributed by atoms with van der Waals surface area (Å²) >= 11 is 1.53. The largest absolute Gasteiger partial charge is 0.311 e. The van der Waals surface area contributed by atoms with Crippen LogP contribution in [-0.4, -0.2) is 28.8 Å². The molecule has 1 amide bonds. The molecule has 10 heteroatoms. The van der Waals surface area contributed by atoms with Gasteiger partial charge in [-0.1, -0.05) is 0 Å². The molecule has 4 N–H and O–H groups in total. The van der Waals surface area contributed by atoms with E-state index in [0.29, 0.717) is 17.1 Å². The Labute approximate surface area is 125 Å². The summed E-state index contributed by atoms with van der Waals surface area (Å²) in [6.07, 6.45) is 0.260. The van der Waals surface area contributed by atoms with Crippen molar-refractivity contribution < 1.29 is 13.2 Å². The summed E-state index contributed by atoms with van der Waals surface area (Å²) in [5.41, 5.74) is 2.16. The van der Waals surface area contributed by atoms with Crippen LogP contribution in [0.4, 0.5) is 5.82 Å². The number of nitrogens with zero attached hydrogens (tertiary/aromatic N) is 2. The van der Waals surface area contributed by atoms with E-state index in [-0.39, 0.29) is 25.4 Å². The highest BCUT2D eigenvalue weighted by molar-refractivity contribution is 7.86. The second kappa shape index (κ2) is 5.22. The van der Waals surface area contributed by atoms with Gasteiger partial charge in [-0.2, -0.15) is 29.2 Å². The lowest BCUT2D eigenvalue weighted by Gasteiger charge is -2.11. The zero-order valence-electron chi connectivity index (χ0n) is 10.9. The number of thiophene rings is 1. The van der Waals surface area contributed by atoms with Gasteiger partial charge in [0.2, 0.25) is 5.91 Å². The van der Waals surface area contributed by atoms with E-state index < -0.39 is 10.2 Å². The van der Waals surface area contributed by atoms with Crippen molar-refractivity contribution in [2.75, 3.05) is 5.32 Å². The normalized spacial score (nSPS) is 15.1. The molecule has 2 aromatic rings. The van der Waals surface area contributed by atoms with Gasteiger partial charge >= 0.3 is 0 Å². The van der Waals surface area contributed by atoms with E-state index in [4.69, 9.17) is 5.14 Å². The minimum Gasteiger partial charge on any atom is -0.311 e. The summed E-state index contributed by atoms with van der Waals surface area (Å²) in [5, 5.41) is 18.3. The predicted molar refractivity (Wildman–Crippen MR) is 77.6 cm³/mol. The van der Waals surface area contributed by atoms with Gasteiger partial charge in [-0.15, -0.1) is 0 Å².